The molecule has 0 aliphatic carbocycles. The zero-order valence-corrected chi connectivity index (χ0v) is 11.7. The second-order valence-corrected chi connectivity index (χ2v) is 5.44. The number of halogens is 1. The minimum atomic E-state index is 0.618. The lowest BCUT2D eigenvalue weighted by molar-refractivity contribution is 0.322. The minimum Gasteiger partial charge on any atom is -0.493 e. The van der Waals surface area contributed by atoms with Crippen molar-refractivity contribution in [2.45, 2.75) is 13.0 Å². The number of nitrogens with one attached hydrogen (secondary N) is 1. The molecule has 0 bridgehead atoms. The summed E-state index contributed by atoms with van der Waals surface area (Å²) < 4.78 is 5.63. The van der Waals surface area contributed by atoms with Crippen LogP contribution in [-0.4, -0.2) is 18.6 Å². The predicted octanol–water partition coefficient (Wildman–Crippen LogP) is 3.14. The fourth-order valence-electron chi connectivity index (χ4n) is 1.53. The number of rotatable bonds is 6. The van der Waals surface area contributed by atoms with Crippen LogP contribution in [0, 0.1) is 0 Å². The summed E-state index contributed by atoms with van der Waals surface area (Å²) in [5.74, 6) is 0.800. The molecule has 2 rings (SSSR count). The van der Waals surface area contributed by atoms with E-state index in [4.69, 9.17) is 16.3 Å². The molecule has 0 atom stereocenters. The number of benzene rings is 1. The van der Waals surface area contributed by atoms with Crippen LogP contribution in [0.5, 0.6) is 5.75 Å². The summed E-state index contributed by atoms with van der Waals surface area (Å²) in [6.45, 7) is 1.49. The van der Waals surface area contributed by atoms with Crippen LogP contribution in [0.2, 0.25) is 5.02 Å². The average molecular weight is 283 g/mol. The molecule has 0 spiro atoms. The van der Waals surface area contributed by atoms with Crippen molar-refractivity contribution in [2.24, 2.45) is 0 Å². The quantitative estimate of drug-likeness (QED) is 0.884. The van der Waals surface area contributed by atoms with Gasteiger partial charge in [0, 0.05) is 29.1 Å². The van der Waals surface area contributed by atoms with Gasteiger partial charge in [-0.15, -0.1) is 11.3 Å². The second-order valence-electron chi connectivity index (χ2n) is 3.81. The first-order valence-corrected chi connectivity index (χ1v) is 6.94. The molecular weight excluding hydrogens is 268 g/mol. The number of hydrogen-bond acceptors (Lipinski definition) is 4. The first-order valence-electron chi connectivity index (χ1n) is 5.74. The summed E-state index contributed by atoms with van der Waals surface area (Å²) in [4.78, 5) is 5.60. The van der Waals surface area contributed by atoms with E-state index in [1.165, 1.54) is 4.88 Å². The van der Waals surface area contributed by atoms with Gasteiger partial charge in [-0.25, -0.2) is 4.98 Å². The largest absolute Gasteiger partial charge is 0.493 e. The molecule has 0 radical (unpaired) electrons. The zero-order chi connectivity index (χ0) is 12.8. The first-order chi connectivity index (χ1) is 8.78. The third-order valence-corrected chi connectivity index (χ3v) is 3.63. The van der Waals surface area contributed by atoms with Crippen LogP contribution >= 0.6 is 22.9 Å². The maximum absolute atomic E-state index is 5.88. The van der Waals surface area contributed by atoms with E-state index in [1.54, 1.807) is 11.3 Å². The SMILES string of the molecule is CNCc1cnc(CCOc2cccc(Cl)c2)s1. The van der Waals surface area contributed by atoms with Crippen LogP contribution < -0.4 is 10.1 Å². The highest BCUT2D eigenvalue weighted by atomic mass is 35.5. The van der Waals surface area contributed by atoms with E-state index in [1.807, 2.05) is 37.5 Å². The molecule has 1 aromatic carbocycles. The summed E-state index contributed by atoms with van der Waals surface area (Å²) in [7, 11) is 1.93. The van der Waals surface area contributed by atoms with Gasteiger partial charge in [0.15, 0.2) is 0 Å². The Morgan fingerprint density at radius 1 is 1.44 bits per heavy atom. The molecular formula is C13H15ClN2OS. The maximum Gasteiger partial charge on any atom is 0.120 e. The molecule has 1 heterocycles. The summed E-state index contributed by atoms with van der Waals surface area (Å²) in [6.07, 6.45) is 2.73. The number of ether oxygens (including phenoxy) is 1. The highest BCUT2D eigenvalue weighted by molar-refractivity contribution is 7.11. The van der Waals surface area contributed by atoms with Gasteiger partial charge in [-0.05, 0) is 25.2 Å². The summed E-state index contributed by atoms with van der Waals surface area (Å²) in [5, 5.41) is 4.90. The van der Waals surface area contributed by atoms with Crippen molar-refractivity contribution in [1.82, 2.24) is 10.3 Å². The van der Waals surface area contributed by atoms with Crippen LogP contribution in [-0.2, 0) is 13.0 Å². The van der Waals surface area contributed by atoms with Gasteiger partial charge in [-0.2, -0.15) is 0 Å². The molecule has 0 fully saturated rings. The molecule has 3 nitrogen and oxygen atoms in total. The molecule has 0 saturated carbocycles. The standard InChI is InChI=1S/C13H15ClN2OS/c1-15-8-12-9-16-13(18-12)5-6-17-11-4-2-3-10(14)7-11/h2-4,7,9,15H,5-6,8H2,1H3. The number of aromatic nitrogens is 1. The maximum atomic E-state index is 5.88. The van der Waals surface area contributed by atoms with Crippen molar-refractivity contribution in [1.29, 1.82) is 0 Å². The lowest BCUT2D eigenvalue weighted by atomic mass is 10.3. The highest BCUT2D eigenvalue weighted by Crippen LogP contribution is 2.18. The van der Waals surface area contributed by atoms with Crippen molar-refractivity contribution in [3.63, 3.8) is 0 Å². The van der Waals surface area contributed by atoms with Crippen molar-refractivity contribution >= 4 is 22.9 Å². The normalized spacial score (nSPS) is 10.6. The fraction of sp³-hybridized carbons (Fsp3) is 0.308. The minimum absolute atomic E-state index is 0.618. The van der Waals surface area contributed by atoms with Crippen molar-refractivity contribution in [3.8, 4) is 5.75 Å². The lowest BCUT2D eigenvalue weighted by Gasteiger charge is -2.04. The van der Waals surface area contributed by atoms with Crippen molar-refractivity contribution < 1.29 is 4.74 Å². The van der Waals surface area contributed by atoms with Crippen molar-refractivity contribution in [2.75, 3.05) is 13.7 Å². The van der Waals surface area contributed by atoms with Gasteiger partial charge in [0.25, 0.3) is 0 Å². The van der Waals surface area contributed by atoms with E-state index in [-0.39, 0.29) is 0 Å². The molecule has 1 N–H and O–H groups in total. The van der Waals surface area contributed by atoms with Crippen LogP contribution in [0.1, 0.15) is 9.88 Å². The Labute approximate surface area is 116 Å². The number of nitrogens with zero attached hydrogens (tertiary/aromatic N) is 1. The van der Waals surface area contributed by atoms with Crippen LogP contribution in [0.25, 0.3) is 0 Å². The van der Waals surface area contributed by atoms with E-state index >= 15 is 0 Å². The Morgan fingerprint density at radius 3 is 3.11 bits per heavy atom. The predicted molar refractivity (Wildman–Crippen MR) is 75.5 cm³/mol. The molecule has 18 heavy (non-hydrogen) atoms. The summed E-state index contributed by atoms with van der Waals surface area (Å²) in [5.41, 5.74) is 0. The van der Waals surface area contributed by atoms with Crippen molar-refractivity contribution in [3.05, 3.63) is 45.4 Å². The monoisotopic (exact) mass is 282 g/mol. The topological polar surface area (TPSA) is 34.2 Å². The van der Waals surface area contributed by atoms with Gasteiger partial charge in [0.2, 0.25) is 0 Å². The summed E-state index contributed by atoms with van der Waals surface area (Å²) in [6, 6.07) is 7.43. The Hall–Kier alpha value is -1.10. The zero-order valence-electron chi connectivity index (χ0n) is 10.1. The molecule has 0 saturated heterocycles. The third kappa shape index (κ3) is 3.98. The van der Waals surface area contributed by atoms with Gasteiger partial charge >= 0.3 is 0 Å². The number of hydrogen-bond donors (Lipinski definition) is 1. The van der Waals surface area contributed by atoms with Crippen LogP contribution in [0.3, 0.4) is 0 Å². The first kappa shape index (κ1) is 13.3. The third-order valence-electron chi connectivity index (χ3n) is 2.33. The Morgan fingerprint density at radius 2 is 2.33 bits per heavy atom. The van der Waals surface area contributed by atoms with Gasteiger partial charge in [0.1, 0.15) is 5.75 Å². The second kappa shape index (κ2) is 6.73. The number of thiazole rings is 1. The Bertz CT molecular complexity index is 501. The van der Waals surface area contributed by atoms with E-state index in [9.17, 15) is 0 Å². The van der Waals surface area contributed by atoms with Crippen LogP contribution in [0.4, 0.5) is 0 Å². The average Bonchev–Trinajstić information content (AvgIpc) is 2.78. The Kier molecular flexibility index (Phi) is 4.99. The van der Waals surface area contributed by atoms with E-state index in [2.05, 4.69) is 10.3 Å². The molecule has 2 aromatic rings. The van der Waals surface area contributed by atoms with Gasteiger partial charge in [-0.3, -0.25) is 0 Å². The Balaban J connectivity index is 1.81. The molecule has 0 unspecified atom stereocenters. The van der Waals surface area contributed by atoms with E-state index in [0.717, 1.165) is 23.7 Å². The smallest absolute Gasteiger partial charge is 0.120 e. The van der Waals surface area contributed by atoms with E-state index < -0.39 is 0 Å². The molecule has 96 valence electrons. The molecule has 1 aromatic heterocycles. The van der Waals surface area contributed by atoms with E-state index in [0.29, 0.717) is 11.6 Å². The molecule has 0 aliphatic rings. The van der Waals surface area contributed by atoms with Crippen LogP contribution in [0.15, 0.2) is 30.5 Å². The lowest BCUT2D eigenvalue weighted by Crippen LogP contribution is -2.02. The highest BCUT2D eigenvalue weighted by Gasteiger charge is 2.02. The molecule has 5 heteroatoms. The van der Waals surface area contributed by atoms with Gasteiger partial charge in [-0.1, -0.05) is 17.7 Å². The van der Waals surface area contributed by atoms with Gasteiger partial charge < -0.3 is 10.1 Å². The summed E-state index contributed by atoms with van der Waals surface area (Å²) >= 11 is 7.60. The van der Waals surface area contributed by atoms with Gasteiger partial charge in [0.05, 0.1) is 11.6 Å². The molecule has 0 aliphatic heterocycles. The molecule has 0 amide bonds. The fourth-order valence-corrected chi connectivity index (χ4v) is 2.63.